The molecule has 1 heterocycles. The van der Waals surface area contributed by atoms with Crippen LogP contribution in [0.2, 0.25) is 0 Å². The maximum Gasteiger partial charge on any atom is 0.161 e. The van der Waals surface area contributed by atoms with E-state index in [4.69, 9.17) is 15.2 Å². The molecule has 76 valence electrons. The second-order valence-corrected chi connectivity index (χ2v) is 3.21. The van der Waals surface area contributed by atoms with Gasteiger partial charge in [0.2, 0.25) is 0 Å². The first-order valence-corrected chi connectivity index (χ1v) is 4.60. The number of phenolic OH excluding ortho intramolecular Hbond substituents is 1. The molecule has 1 unspecified atom stereocenters. The van der Waals surface area contributed by atoms with Gasteiger partial charge >= 0.3 is 0 Å². The Labute approximate surface area is 82.2 Å². The third-order valence-corrected chi connectivity index (χ3v) is 2.21. The van der Waals surface area contributed by atoms with E-state index < -0.39 is 0 Å². The molecular weight excluding hydrogens is 182 g/mol. The van der Waals surface area contributed by atoms with Crippen molar-refractivity contribution in [3.63, 3.8) is 0 Å². The molecule has 0 saturated carbocycles. The van der Waals surface area contributed by atoms with E-state index in [1.54, 1.807) is 12.1 Å². The minimum atomic E-state index is -0.121. The molecule has 0 spiro atoms. The third-order valence-electron chi connectivity index (χ3n) is 2.21. The largest absolute Gasteiger partial charge is 0.504 e. The number of nitrogens with two attached hydrogens (primary N) is 1. The van der Waals surface area contributed by atoms with E-state index in [-0.39, 0.29) is 11.8 Å². The number of ether oxygens (including phenoxy) is 2. The summed E-state index contributed by atoms with van der Waals surface area (Å²) < 4.78 is 10.5. The summed E-state index contributed by atoms with van der Waals surface area (Å²) in [5.41, 5.74) is 6.69. The van der Waals surface area contributed by atoms with Crippen LogP contribution >= 0.6 is 0 Å². The lowest BCUT2D eigenvalue weighted by Gasteiger charge is -2.08. The van der Waals surface area contributed by atoms with E-state index in [0.717, 1.165) is 5.56 Å². The Hall–Kier alpha value is -1.42. The Bertz CT molecular complexity index is 351. The van der Waals surface area contributed by atoms with Crippen molar-refractivity contribution >= 4 is 0 Å². The minimum absolute atomic E-state index is 0.0969. The van der Waals surface area contributed by atoms with Crippen molar-refractivity contribution in [2.45, 2.75) is 13.0 Å². The molecule has 4 nitrogen and oxygen atoms in total. The summed E-state index contributed by atoms with van der Waals surface area (Å²) in [7, 11) is 0. The lowest BCUT2D eigenvalue weighted by atomic mass is 10.1. The van der Waals surface area contributed by atoms with Gasteiger partial charge in [0.25, 0.3) is 0 Å². The minimum Gasteiger partial charge on any atom is -0.504 e. The summed E-state index contributed by atoms with van der Waals surface area (Å²) in [6, 6.07) is 3.17. The summed E-state index contributed by atoms with van der Waals surface area (Å²) >= 11 is 0. The molecule has 0 amide bonds. The molecule has 1 aromatic rings. The van der Waals surface area contributed by atoms with Crippen LogP contribution in [-0.2, 0) is 0 Å². The Morgan fingerprint density at radius 3 is 3.14 bits per heavy atom. The lowest BCUT2D eigenvalue weighted by Crippen LogP contribution is -2.10. The molecule has 2 rings (SSSR count). The van der Waals surface area contributed by atoms with Gasteiger partial charge in [-0.25, -0.2) is 0 Å². The van der Waals surface area contributed by atoms with Crippen LogP contribution in [0.25, 0.3) is 0 Å². The Balaban J connectivity index is 2.41. The van der Waals surface area contributed by atoms with Crippen molar-refractivity contribution in [1.82, 2.24) is 0 Å². The monoisotopic (exact) mass is 195 g/mol. The molecule has 0 saturated heterocycles. The standard InChI is InChI=1S/C10H13NO3/c1-2-13-10-3-6-7(11)5-14-9(6)4-8(10)12/h3-4,7,12H,2,5,11H2,1H3. The fourth-order valence-corrected chi connectivity index (χ4v) is 1.52. The molecular formula is C10H13NO3. The third kappa shape index (κ3) is 1.37. The smallest absolute Gasteiger partial charge is 0.161 e. The van der Waals surface area contributed by atoms with Crippen molar-refractivity contribution in [3.05, 3.63) is 17.7 Å². The summed E-state index contributed by atoms with van der Waals surface area (Å²) in [6.07, 6.45) is 0. The van der Waals surface area contributed by atoms with Crippen LogP contribution in [0.3, 0.4) is 0 Å². The summed E-state index contributed by atoms with van der Waals surface area (Å²) in [5, 5.41) is 9.55. The summed E-state index contributed by atoms with van der Waals surface area (Å²) in [5.74, 6) is 1.21. The highest BCUT2D eigenvalue weighted by atomic mass is 16.5. The number of aromatic hydroxyl groups is 1. The molecule has 0 fully saturated rings. The van der Waals surface area contributed by atoms with Gasteiger partial charge in [-0.1, -0.05) is 0 Å². The van der Waals surface area contributed by atoms with E-state index in [1.807, 2.05) is 6.92 Å². The molecule has 0 aromatic heterocycles. The zero-order valence-corrected chi connectivity index (χ0v) is 7.99. The fourth-order valence-electron chi connectivity index (χ4n) is 1.52. The van der Waals surface area contributed by atoms with Crippen molar-refractivity contribution < 1.29 is 14.6 Å². The van der Waals surface area contributed by atoms with Gasteiger partial charge in [0.05, 0.1) is 12.6 Å². The van der Waals surface area contributed by atoms with Crippen LogP contribution in [-0.4, -0.2) is 18.3 Å². The highest BCUT2D eigenvalue weighted by Gasteiger charge is 2.23. The lowest BCUT2D eigenvalue weighted by molar-refractivity contribution is 0.314. The Morgan fingerprint density at radius 2 is 2.43 bits per heavy atom. The van der Waals surface area contributed by atoms with Crippen LogP contribution in [0.5, 0.6) is 17.2 Å². The quantitative estimate of drug-likeness (QED) is 0.743. The first-order chi connectivity index (χ1) is 6.72. The van der Waals surface area contributed by atoms with Crippen LogP contribution < -0.4 is 15.2 Å². The van der Waals surface area contributed by atoms with E-state index in [0.29, 0.717) is 24.7 Å². The predicted molar refractivity (Wildman–Crippen MR) is 51.7 cm³/mol. The first kappa shape index (κ1) is 9.15. The number of fused-ring (bicyclic) bond motifs is 1. The molecule has 0 radical (unpaired) electrons. The maximum absolute atomic E-state index is 9.55. The van der Waals surface area contributed by atoms with Crippen LogP contribution in [0.4, 0.5) is 0 Å². The summed E-state index contributed by atoms with van der Waals surface area (Å²) in [6.45, 7) is 2.84. The van der Waals surface area contributed by atoms with Crippen LogP contribution in [0.1, 0.15) is 18.5 Å². The zero-order valence-electron chi connectivity index (χ0n) is 7.99. The molecule has 14 heavy (non-hydrogen) atoms. The molecule has 0 aliphatic carbocycles. The zero-order chi connectivity index (χ0) is 10.1. The highest BCUT2D eigenvalue weighted by Crippen LogP contribution is 2.39. The molecule has 1 atom stereocenters. The second-order valence-electron chi connectivity index (χ2n) is 3.21. The van der Waals surface area contributed by atoms with Gasteiger partial charge in [-0.2, -0.15) is 0 Å². The van der Waals surface area contributed by atoms with Gasteiger partial charge in [-0.15, -0.1) is 0 Å². The van der Waals surface area contributed by atoms with E-state index in [9.17, 15) is 5.11 Å². The SMILES string of the molecule is CCOc1cc2c(cc1O)OCC2N. The number of benzene rings is 1. The first-order valence-electron chi connectivity index (χ1n) is 4.60. The number of rotatable bonds is 2. The molecule has 1 aromatic carbocycles. The number of hydrogen-bond acceptors (Lipinski definition) is 4. The Kier molecular flexibility index (Phi) is 2.21. The molecule has 1 aliphatic heterocycles. The average molecular weight is 195 g/mol. The van der Waals surface area contributed by atoms with Gasteiger partial charge in [-0.3, -0.25) is 0 Å². The molecule has 1 aliphatic rings. The topological polar surface area (TPSA) is 64.7 Å². The molecule has 0 bridgehead atoms. The van der Waals surface area contributed by atoms with E-state index in [2.05, 4.69) is 0 Å². The van der Waals surface area contributed by atoms with E-state index >= 15 is 0 Å². The maximum atomic E-state index is 9.55. The van der Waals surface area contributed by atoms with Gasteiger partial charge < -0.3 is 20.3 Å². The average Bonchev–Trinajstić information content (AvgIpc) is 2.49. The van der Waals surface area contributed by atoms with Crippen LogP contribution in [0.15, 0.2) is 12.1 Å². The fraction of sp³-hybridized carbons (Fsp3) is 0.400. The Morgan fingerprint density at radius 1 is 1.64 bits per heavy atom. The molecule has 4 heteroatoms. The van der Waals surface area contributed by atoms with Crippen molar-refractivity contribution in [2.24, 2.45) is 5.73 Å². The van der Waals surface area contributed by atoms with Gasteiger partial charge in [0.15, 0.2) is 11.5 Å². The van der Waals surface area contributed by atoms with Gasteiger partial charge in [-0.05, 0) is 13.0 Å². The van der Waals surface area contributed by atoms with Crippen molar-refractivity contribution in [1.29, 1.82) is 0 Å². The number of phenols is 1. The molecule has 3 N–H and O–H groups in total. The van der Waals surface area contributed by atoms with Gasteiger partial charge in [0, 0.05) is 11.6 Å². The van der Waals surface area contributed by atoms with Gasteiger partial charge in [0.1, 0.15) is 12.4 Å². The second kappa shape index (κ2) is 3.38. The van der Waals surface area contributed by atoms with Crippen molar-refractivity contribution in [2.75, 3.05) is 13.2 Å². The normalized spacial score (nSPS) is 18.9. The summed E-state index contributed by atoms with van der Waals surface area (Å²) in [4.78, 5) is 0. The number of hydrogen-bond donors (Lipinski definition) is 2. The highest BCUT2D eigenvalue weighted by molar-refractivity contribution is 5.52. The van der Waals surface area contributed by atoms with E-state index in [1.165, 1.54) is 0 Å². The van der Waals surface area contributed by atoms with Crippen LogP contribution in [0, 0.1) is 0 Å². The van der Waals surface area contributed by atoms with Crippen molar-refractivity contribution in [3.8, 4) is 17.2 Å². The predicted octanol–water partition coefficient (Wildman–Crippen LogP) is 1.18.